The highest BCUT2D eigenvalue weighted by molar-refractivity contribution is 6.31. The molecule has 0 aromatic carbocycles. The van der Waals surface area contributed by atoms with Crippen LogP contribution >= 0.6 is 0 Å². The largest absolute Gasteiger partial charge is 0.272 e. The number of hydrogen-bond donors (Lipinski definition) is 0. The molecule has 0 atom stereocenters. The molecule has 1 aromatic heterocycles. The van der Waals surface area contributed by atoms with Crippen LogP contribution in [0.15, 0.2) is 18.3 Å². The zero-order valence-electron chi connectivity index (χ0n) is 6.76. The smallest absolute Gasteiger partial charge is 0.164 e. The number of rotatable bonds is 1. The molecule has 0 aliphatic rings. The standard InChI is InChI=1S/C8H12BN/c1-6(2)7-4-3-5-10-8(7)9/h3-6H,9H2,1-2H3. The Bertz CT molecular complexity index is 220. The summed E-state index contributed by atoms with van der Waals surface area (Å²) in [5.74, 6) is 0.591. The first-order valence-electron chi connectivity index (χ1n) is 3.63. The molecule has 0 saturated carbocycles. The van der Waals surface area contributed by atoms with Crippen LogP contribution in [-0.2, 0) is 0 Å². The van der Waals surface area contributed by atoms with Crippen LogP contribution in [0.2, 0.25) is 0 Å². The quantitative estimate of drug-likeness (QED) is 0.507. The lowest BCUT2D eigenvalue weighted by Gasteiger charge is -2.06. The average molecular weight is 133 g/mol. The molecule has 0 radical (unpaired) electrons. The lowest BCUT2D eigenvalue weighted by atomic mass is 9.91. The van der Waals surface area contributed by atoms with Crippen LogP contribution < -0.4 is 5.59 Å². The molecule has 52 valence electrons. The van der Waals surface area contributed by atoms with E-state index in [0.717, 1.165) is 5.59 Å². The SMILES string of the molecule is Bc1ncccc1C(C)C. The summed E-state index contributed by atoms with van der Waals surface area (Å²) in [6, 6.07) is 4.12. The van der Waals surface area contributed by atoms with Crippen LogP contribution in [0, 0.1) is 0 Å². The van der Waals surface area contributed by atoms with Crippen molar-refractivity contribution in [1.82, 2.24) is 4.98 Å². The summed E-state index contributed by atoms with van der Waals surface area (Å²) in [7, 11) is 2.05. The maximum atomic E-state index is 4.20. The molecule has 1 rings (SSSR count). The minimum absolute atomic E-state index is 0.591. The number of hydrogen-bond acceptors (Lipinski definition) is 1. The van der Waals surface area contributed by atoms with Crippen molar-refractivity contribution in [2.75, 3.05) is 0 Å². The normalized spacial score (nSPS) is 10.3. The van der Waals surface area contributed by atoms with Crippen LogP contribution in [-0.4, -0.2) is 12.8 Å². The van der Waals surface area contributed by atoms with Gasteiger partial charge in [0.25, 0.3) is 0 Å². The van der Waals surface area contributed by atoms with Crippen molar-refractivity contribution in [3.63, 3.8) is 0 Å². The monoisotopic (exact) mass is 133 g/mol. The van der Waals surface area contributed by atoms with Gasteiger partial charge in [0, 0.05) is 6.20 Å². The molecule has 0 N–H and O–H groups in total. The molecular formula is C8H12BN. The lowest BCUT2D eigenvalue weighted by molar-refractivity contribution is 0.868. The van der Waals surface area contributed by atoms with E-state index in [-0.39, 0.29) is 0 Å². The summed E-state index contributed by atoms with van der Waals surface area (Å²) in [6.45, 7) is 4.37. The molecule has 0 unspecified atom stereocenters. The first-order valence-corrected chi connectivity index (χ1v) is 3.63. The van der Waals surface area contributed by atoms with Crippen LogP contribution in [0.25, 0.3) is 0 Å². The fraction of sp³-hybridized carbons (Fsp3) is 0.375. The Labute approximate surface area is 62.9 Å². The number of nitrogens with zero attached hydrogens (tertiary/aromatic N) is 1. The summed E-state index contributed by atoms with van der Waals surface area (Å²) < 4.78 is 0. The van der Waals surface area contributed by atoms with E-state index in [1.54, 1.807) is 0 Å². The minimum atomic E-state index is 0.591. The van der Waals surface area contributed by atoms with E-state index in [9.17, 15) is 0 Å². The van der Waals surface area contributed by atoms with E-state index in [2.05, 4.69) is 32.7 Å². The van der Waals surface area contributed by atoms with Crippen LogP contribution in [0.3, 0.4) is 0 Å². The van der Waals surface area contributed by atoms with Crippen molar-refractivity contribution in [1.29, 1.82) is 0 Å². The summed E-state index contributed by atoms with van der Waals surface area (Å²) in [4.78, 5) is 4.20. The predicted octanol–water partition coefficient (Wildman–Crippen LogP) is 0.463. The van der Waals surface area contributed by atoms with Crippen molar-refractivity contribution in [2.24, 2.45) is 0 Å². The third-order valence-electron chi connectivity index (χ3n) is 1.67. The Morgan fingerprint density at radius 1 is 1.50 bits per heavy atom. The molecule has 0 aliphatic heterocycles. The summed E-state index contributed by atoms with van der Waals surface area (Å²) in [6.07, 6.45) is 1.83. The molecule has 1 nitrogen and oxygen atoms in total. The van der Waals surface area contributed by atoms with E-state index in [1.807, 2.05) is 12.3 Å². The fourth-order valence-corrected chi connectivity index (χ4v) is 1.11. The zero-order valence-corrected chi connectivity index (χ0v) is 6.76. The number of aromatic nitrogens is 1. The lowest BCUT2D eigenvalue weighted by Crippen LogP contribution is -2.14. The Hall–Kier alpha value is -0.785. The summed E-state index contributed by atoms with van der Waals surface area (Å²) >= 11 is 0. The van der Waals surface area contributed by atoms with E-state index in [4.69, 9.17) is 0 Å². The Morgan fingerprint density at radius 3 is 2.60 bits per heavy atom. The van der Waals surface area contributed by atoms with Gasteiger partial charge in [-0.3, -0.25) is 4.98 Å². The molecule has 10 heavy (non-hydrogen) atoms. The molecule has 0 amide bonds. The van der Waals surface area contributed by atoms with Crippen LogP contribution in [0.4, 0.5) is 0 Å². The maximum absolute atomic E-state index is 4.20. The first-order chi connectivity index (χ1) is 4.72. The summed E-state index contributed by atoms with van der Waals surface area (Å²) in [5.41, 5.74) is 2.50. The van der Waals surface area contributed by atoms with Gasteiger partial charge in [-0.05, 0) is 23.1 Å². The highest BCUT2D eigenvalue weighted by atomic mass is 14.6. The molecule has 2 heteroatoms. The van der Waals surface area contributed by atoms with Gasteiger partial charge in [-0.25, -0.2) is 0 Å². The molecule has 1 aromatic rings. The summed E-state index contributed by atoms with van der Waals surface area (Å²) in [5, 5.41) is 0. The van der Waals surface area contributed by atoms with Crippen molar-refractivity contribution in [3.8, 4) is 0 Å². The van der Waals surface area contributed by atoms with Crippen LogP contribution in [0.5, 0.6) is 0 Å². The second-order valence-corrected chi connectivity index (χ2v) is 2.83. The van der Waals surface area contributed by atoms with Gasteiger partial charge >= 0.3 is 0 Å². The van der Waals surface area contributed by atoms with Crippen molar-refractivity contribution >= 4 is 13.4 Å². The highest BCUT2D eigenvalue weighted by Gasteiger charge is 2.00. The minimum Gasteiger partial charge on any atom is -0.272 e. The zero-order chi connectivity index (χ0) is 7.56. The van der Waals surface area contributed by atoms with Gasteiger partial charge in [0.15, 0.2) is 7.85 Å². The maximum Gasteiger partial charge on any atom is 0.164 e. The van der Waals surface area contributed by atoms with E-state index in [1.165, 1.54) is 5.56 Å². The molecule has 0 spiro atoms. The highest BCUT2D eigenvalue weighted by Crippen LogP contribution is 2.08. The molecular weight excluding hydrogens is 121 g/mol. The van der Waals surface area contributed by atoms with Crippen LogP contribution in [0.1, 0.15) is 25.3 Å². The van der Waals surface area contributed by atoms with E-state index >= 15 is 0 Å². The second kappa shape index (κ2) is 2.87. The third-order valence-corrected chi connectivity index (χ3v) is 1.67. The predicted molar refractivity (Wildman–Crippen MR) is 46.5 cm³/mol. The van der Waals surface area contributed by atoms with E-state index < -0.39 is 0 Å². The topological polar surface area (TPSA) is 12.9 Å². The first kappa shape index (κ1) is 7.32. The van der Waals surface area contributed by atoms with Gasteiger partial charge < -0.3 is 0 Å². The molecule has 0 fully saturated rings. The number of pyridine rings is 1. The van der Waals surface area contributed by atoms with Gasteiger partial charge in [-0.1, -0.05) is 19.9 Å². The van der Waals surface area contributed by atoms with Gasteiger partial charge in [-0.2, -0.15) is 0 Å². The fourth-order valence-electron chi connectivity index (χ4n) is 1.11. The molecule has 1 heterocycles. The second-order valence-electron chi connectivity index (χ2n) is 2.83. The van der Waals surface area contributed by atoms with E-state index in [0.29, 0.717) is 5.92 Å². The van der Waals surface area contributed by atoms with Gasteiger partial charge in [-0.15, -0.1) is 0 Å². The van der Waals surface area contributed by atoms with Crippen molar-refractivity contribution in [2.45, 2.75) is 19.8 Å². The Balaban J connectivity index is 3.03. The molecule has 0 saturated heterocycles. The van der Waals surface area contributed by atoms with Crippen molar-refractivity contribution in [3.05, 3.63) is 23.9 Å². The Morgan fingerprint density at radius 2 is 2.20 bits per heavy atom. The van der Waals surface area contributed by atoms with Gasteiger partial charge in [0.1, 0.15) is 0 Å². The van der Waals surface area contributed by atoms with Gasteiger partial charge in [0.05, 0.1) is 0 Å². The molecule has 0 aliphatic carbocycles. The average Bonchev–Trinajstić information content (AvgIpc) is 1.88. The Kier molecular flexibility index (Phi) is 2.10. The molecule has 0 bridgehead atoms. The van der Waals surface area contributed by atoms with Gasteiger partial charge in [0.2, 0.25) is 0 Å². The van der Waals surface area contributed by atoms with Crippen molar-refractivity contribution < 1.29 is 0 Å². The third kappa shape index (κ3) is 1.38.